The van der Waals surface area contributed by atoms with Crippen molar-refractivity contribution in [1.82, 2.24) is 10.2 Å². The lowest BCUT2D eigenvalue weighted by Gasteiger charge is -2.28. The summed E-state index contributed by atoms with van der Waals surface area (Å²) in [4.78, 5) is 41.0. The number of nitrogens with one attached hydrogen (secondary N) is 2. The molecule has 3 aromatic carbocycles. The summed E-state index contributed by atoms with van der Waals surface area (Å²) in [5.41, 5.74) is 1.39. The van der Waals surface area contributed by atoms with Gasteiger partial charge < -0.3 is 15.5 Å². The quantitative estimate of drug-likeness (QED) is 0.430. The van der Waals surface area contributed by atoms with Crippen LogP contribution in [0.1, 0.15) is 26.2 Å². The lowest BCUT2D eigenvalue weighted by Crippen LogP contribution is -2.51. The van der Waals surface area contributed by atoms with Crippen LogP contribution in [0.4, 0.5) is 5.69 Å². The average molecular weight is 538 g/mol. The minimum Gasteiger partial charge on any atom is -0.341 e. The molecule has 0 saturated carbocycles. The predicted molar refractivity (Wildman–Crippen MR) is 158 cm³/mol. The zero-order chi connectivity index (χ0) is 27.2. The lowest BCUT2D eigenvalue weighted by molar-refractivity contribution is -0.139. The molecule has 198 valence electrons. The van der Waals surface area contributed by atoms with E-state index in [1.165, 1.54) is 10.6 Å². The van der Waals surface area contributed by atoms with Crippen molar-refractivity contribution in [1.29, 1.82) is 0 Å². The summed E-state index contributed by atoms with van der Waals surface area (Å²) in [6.45, 7) is 2.17. The van der Waals surface area contributed by atoms with Crippen molar-refractivity contribution in [3.63, 3.8) is 0 Å². The maximum absolute atomic E-state index is 13.6. The van der Waals surface area contributed by atoms with E-state index < -0.39 is 20.0 Å². The maximum Gasteiger partial charge on any atom is 0.248 e. The number of likely N-dealkylation sites (tertiary alicyclic amines) is 1. The van der Waals surface area contributed by atoms with Crippen LogP contribution in [0.25, 0.3) is 0 Å². The molecular weight excluding hydrogens is 505 g/mol. The van der Waals surface area contributed by atoms with E-state index in [0.717, 1.165) is 17.4 Å². The Morgan fingerprint density at radius 2 is 1.54 bits per heavy atom. The number of anilines is 1. The highest BCUT2D eigenvalue weighted by Crippen LogP contribution is 2.35. The third kappa shape index (κ3) is 6.02. The number of para-hydroxylation sites is 1. The Kier molecular flexibility index (Phi) is 8.33. The number of rotatable bonds is 8. The van der Waals surface area contributed by atoms with E-state index in [2.05, 4.69) is 41.0 Å². The Labute approximate surface area is 230 Å². The molecule has 0 aromatic heterocycles. The first kappa shape index (κ1) is 26.6. The zero-order valence-corrected chi connectivity index (χ0v) is 22.8. The highest BCUT2D eigenvalue weighted by molar-refractivity contribution is 7.80. The largest absolute Gasteiger partial charge is 0.341 e. The molecule has 1 heterocycles. The second-order valence-electron chi connectivity index (χ2n) is 9.72. The van der Waals surface area contributed by atoms with Gasteiger partial charge >= 0.3 is 0 Å². The Morgan fingerprint density at radius 1 is 0.897 bits per heavy atom. The summed E-state index contributed by atoms with van der Waals surface area (Å²) in [5, 5.41) is 9.39. The Hall–Kier alpha value is -4.02. The van der Waals surface area contributed by atoms with E-state index in [4.69, 9.17) is 0 Å². The summed E-state index contributed by atoms with van der Waals surface area (Å²) in [7, 11) is -0.911. The first-order valence-corrected chi connectivity index (χ1v) is 14.6. The lowest BCUT2D eigenvalue weighted by atomic mass is 10.1. The molecule has 0 spiro atoms. The summed E-state index contributed by atoms with van der Waals surface area (Å²) >= 11 is 0. The van der Waals surface area contributed by atoms with E-state index in [0.29, 0.717) is 25.0 Å². The van der Waals surface area contributed by atoms with Crippen molar-refractivity contribution in [2.45, 2.75) is 38.3 Å². The number of hydrogen-bond acceptors (Lipinski definition) is 3. The molecule has 6 nitrogen and oxygen atoms in total. The highest BCUT2D eigenvalue weighted by atomic mass is 31.1. The molecule has 3 aromatic rings. The van der Waals surface area contributed by atoms with E-state index in [-0.39, 0.29) is 17.7 Å². The second kappa shape index (κ2) is 12.2. The average Bonchev–Trinajstić information content (AvgIpc) is 3.68. The molecular formula is C32H32N3O3P. The van der Waals surface area contributed by atoms with Crippen LogP contribution >= 0.6 is 7.92 Å². The van der Waals surface area contributed by atoms with Crippen molar-refractivity contribution in [3.8, 4) is 0 Å². The smallest absolute Gasteiger partial charge is 0.248 e. The van der Waals surface area contributed by atoms with Gasteiger partial charge in [0.05, 0.1) is 0 Å². The molecule has 2 aliphatic rings. The van der Waals surface area contributed by atoms with Gasteiger partial charge in [-0.15, -0.1) is 0 Å². The summed E-state index contributed by atoms with van der Waals surface area (Å²) in [6, 6.07) is 27.3. The molecule has 3 amide bonds. The molecule has 0 unspecified atom stereocenters. The van der Waals surface area contributed by atoms with Gasteiger partial charge in [0.15, 0.2) is 0 Å². The van der Waals surface area contributed by atoms with Gasteiger partial charge in [-0.1, -0.05) is 97.1 Å². The minimum atomic E-state index is -0.911. The van der Waals surface area contributed by atoms with Crippen LogP contribution in [0.3, 0.4) is 0 Å². The molecule has 5 rings (SSSR count). The van der Waals surface area contributed by atoms with Crippen LogP contribution in [0, 0.1) is 0 Å². The highest BCUT2D eigenvalue weighted by Gasteiger charge is 2.37. The van der Waals surface area contributed by atoms with Crippen molar-refractivity contribution in [3.05, 3.63) is 109 Å². The molecule has 7 heteroatoms. The third-order valence-corrected chi connectivity index (χ3v) is 9.55. The predicted octanol–water partition coefficient (Wildman–Crippen LogP) is 3.77. The van der Waals surface area contributed by atoms with E-state index >= 15 is 0 Å². The van der Waals surface area contributed by atoms with Gasteiger partial charge in [0.25, 0.3) is 0 Å². The minimum absolute atomic E-state index is 0.203. The summed E-state index contributed by atoms with van der Waals surface area (Å²) in [5.74, 6) is -0.688. The van der Waals surface area contributed by atoms with E-state index in [1.807, 2.05) is 66.7 Å². The summed E-state index contributed by atoms with van der Waals surface area (Å²) in [6.07, 6.45) is 7.39. The third-order valence-electron chi connectivity index (χ3n) is 7.05. The fraction of sp³-hybridized carbons (Fsp3) is 0.219. The van der Waals surface area contributed by atoms with Gasteiger partial charge in [-0.2, -0.15) is 0 Å². The van der Waals surface area contributed by atoms with Gasteiger partial charge in [0.1, 0.15) is 12.1 Å². The molecule has 2 atom stereocenters. The Balaban J connectivity index is 1.35. The topological polar surface area (TPSA) is 78.5 Å². The van der Waals surface area contributed by atoms with Gasteiger partial charge in [-0.3, -0.25) is 14.4 Å². The van der Waals surface area contributed by atoms with Crippen LogP contribution in [0.5, 0.6) is 0 Å². The molecule has 39 heavy (non-hydrogen) atoms. The van der Waals surface area contributed by atoms with Gasteiger partial charge in [0.2, 0.25) is 17.7 Å². The molecule has 1 aliphatic heterocycles. The fourth-order valence-corrected chi connectivity index (χ4v) is 7.49. The monoisotopic (exact) mass is 537 g/mol. The Morgan fingerprint density at radius 3 is 2.18 bits per heavy atom. The second-order valence-corrected chi connectivity index (χ2v) is 11.9. The van der Waals surface area contributed by atoms with E-state index in [1.54, 1.807) is 17.9 Å². The molecule has 2 N–H and O–H groups in total. The van der Waals surface area contributed by atoms with Gasteiger partial charge in [-0.25, -0.2) is 0 Å². The van der Waals surface area contributed by atoms with Crippen LogP contribution in [-0.4, -0.2) is 41.2 Å². The zero-order valence-electron chi connectivity index (χ0n) is 21.9. The van der Waals surface area contributed by atoms with Gasteiger partial charge in [-0.05, 0) is 50.8 Å². The number of amides is 3. The number of benzene rings is 3. The Bertz CT molecular complexity index is 1360. The molecule has 0 radical (unpaired) electrons. The van der Waals surface area contributed by atoms with Crippen LogP contribution in [-0.2, 0) is 14.4 Å². The number of hydrogen-bond donors (Lipinski definition) is 2. The van der Waals surface area contributed by atoms with Crippen molar-refractivity contribution < 1.29 is 14.4 Å². The van der Waals surface area contributed by atoms with E-state index in [9.17, 15) is 14.4 Å². The number of carbonyl (C=O) groups excluding carboxylic acids is 3. The summed E-state index contributed by atoms with van der Waals surface area (Å²) < 4.78 is 0. The van der Waals surface area contributed by atoms with Crippen molar-refractivity contribution in [2.24, 2.45) is 0 Å². The van der Waals surface area contributed by atoms with Gasteiger partial charge in [0, 0.05) is 23.1 Å². The molecule has 1 fully saturated rings. The van der Waals surface area contributed by atoms with Crippen LogP contribution < -0.4 is 26.5 Å². The van der Waals surface area contributed by atoms with Crippen molar-refractivity contribution >= 4 is 47.2 Å². The normalized spacial score (nSPS) is 17.1. The number of allylic oxidation sites excluding steroid dienone is 3. The van der Waals surface area contributed by atoms with Crippen LogP contribution in [0.2, 0.25) is 0 Å². The maximum atomic E-state index is 13.6. The fourth-order valence-electron chi connectivity index (χ4n) is 5.09. The molecule has 0 bridgehead atoms. The van der Waals surface area contributed by atoms with Crippen molar-refractivity contribution in [2.75, 3.05) is 11.9 Å². The number of carbonyl (C=O) groups is 3. The number of nitrogens with zero attached hydrogens (tertiary/aromatic N) is 1. The van der Waals surface area contributed by atoms with Crippen LogP contribution in [0.15, 0.2) is 109 Å². The first-order chi connectivity index (χ1) is 19.0. The standard InChI is InChI=1S/C32H32N3O3P/c1-23(33-30(36)24-13-8-9-14-24)32(38)35-22-12-20-28(35)31(37)34-27-19-10-11-21-29(27)39(25-15-4-2-5-16-25)26-17-6-3-7-18-26/h2-11,13,15-19,21,23,28H,12,14,20,22H2,1H3,(H,33,36)(H,34,37)/t23-,28-/m0/s1. The first-order valence-electron chi connectivity index (χ1n) is 13.3. The molecule has 1 aliphatic carbocycles. The molecule has 1 saturated heterocycles. The SMILES string of the molecule is C[C@H](NC(=O)C1=CC=CC1)C(=O)N1CCC[C@H]1C(=O)Nc1ccccc1P(c1ccccc1)c1ccccc1.